The molecule has 0 aliphatic rings. The van der Waals surface area contributed by atoms with E-state index in [-0.39, 0.29) is 28.8 Å². The van der Waals surface area contributed by atoms with Gasteiger partial charge in [-0.3, -0.25) is 10.0 Å². The Hall–Kier alpha value is -3.81. The maximum Gasteiger partial charge on any atom is 0.455 e. The average molecular weight is 579 g/mol. The number of anilines is 1. The number of aromatic nitrogens is 7. The first-order valence-corrected chi connectivity index (χ1v) is 12.3. The summed E-state index contributed by atoms with van der Waals surface area (Å²) in [7, 11) is 0. The van der Waals surface area contributed by atoms with Crippen LogP contribution in [0, 0.1) is 6.92 Å². The summed E-state index contributed by atoms with van der Waals surface area (Å²) in [5.41, 5.74) is 3.74. The van der Waals surface area contributed by atoms with Gasteiger partial charge in [0.15, 0.2) is 5.82 Å². The second-order valence-electron chi connectivity index (χ2n) is 8.38. The lowest BCUT2D eigenvalue weighted by atomic mass is 10.0. The van der Waals surface area contributed by atoms with E-state index in [1.54, 1.807) is 30.3 Å². The zero-order valence-corrected chi connectivity index (χ0v) is 22.6. The Bertz CT molecular complexity index is 1560. The van der Waals surface area contributed by atoms with Crippen molar-refractivity contribution in [1.82, 2.24) is 35.0 Å². The number of benzene rings is 1. The van der Waals surface area contributed by atoms with Crippen molar-refractivity contribution in [3.8, 4) is 5.82 Å². The topological polar surface area (TPSA) is 116 Å². The van der Waals surface area contributed by atoms with Crippen molar-refractivity contribution < 1.29 is 13.2 Å². The Kier molecular flexibility index (Phi) is 8.04. The molecule has 10 nitrogen and oxygen atoms in total. The molecule has 1 aromatic carbocycles. The highest BCUT2D eigenvalue weighted by Gasteiger charge is 2.37. The van der Waals surface area contributed by atoms with Gasteiger partial charge in [0.05, 0.1) is 27.8 Å². The summed E-state index contributed by atoms with van der Waals surface area (Å²) >= 11 is 12.7. The number of alkyl halides is 3. The Labute approximate surface area is 231 Å². The van der Waals surface area contributed by atoms with Crippen LogP contribution >= 0.6 is 23.2 Å². The zero-order chi connectivity index (χ0) is 28.5. The van der Waals surface area contributed by atoms with Gasteiger partial charge in [-0.1, -0.05) is 29.8 Å². The van der Waals surface area contributed by atoms with E-state index in [4.69, 9.17) is 29.0 Å². The normalized spacial score (nSPS) is 12.2. The molecule has 0 aliphatic carbocycles. The fourth-order valence-corrected chi connectivity index (χ4v) is 4.36. The van der Waals surface area contributed by atoms with Crippen LogP contribution < -0.4 is 10.9 Å². The van der Waals surface area contributed by atoms with Crippen LogP contribution in [-0.4, -0.2) is 47.2 Å². The number of hydrogen-bond acceptors (Lipinski definition) is 8. The molecule has 3 heterocycles. The zero-order valence-electron chi connectivity index (χ0n) is 21.1. The number of rotatable bonds is 8. The molecule has 0 spiro atoms. The minimum Gasteiger partial charge on any atom is -0.290 e. The number of nitrogens with zero attached hydrogens (tertiary/aromatic N) is 9. The maximum atomic E-state index is 13.0. The monoisotopic (exact) mass is 578 g/mol. The quantitative estimate of drug-likeness (QED) is 0.175. The van der Waals surface area contributed by atoms with E-state index >= 15 is 0 Å². The van der Waals surface area contributed by atoms with E-state index < -0.39 is 12.0 Å². The minimum atomic E-state index is -4.73. The summed E-state index contributed by atoms with van der Waals surface area (Å²) in [4.78, 5) is 9.60. The van der Waals surface area contributed by atoms with Gasteiger partial charge < -0.3 is 0 Å². The molecule has 39 heavy (non-hydrogen) atoms. The third kappa shape index (κ3) is 5.95. The van der Waals surface area contributed by atoms with Gasteiger partial charge in [0.1, 0.15) is 6.54 Å². The molecule has 4 aromatic rings. The van der Waals surface area contributed by atoms with Gasteiger partial charge in [-0.05, 0) is 61.9 Å². The van der Waals surface area contributed by atoms with Crippen molar-refractivity contribution in [2.45, 2.75) is 33.5 Å². The lowest BCUT2D eigenvalue weighted by Gasteiger charge is -2.26. The highest BCUT2D eigenvalue weighted by molar-refractivity contribution is 6.32. The third-order valence-corrected chi connectivity index (χ3v) is 6.10. The van der Waals surface area contributed by atoms with E-state index in [0.717, 1.165) is 16.1 Å². The van der Waals surface area contributed by atoms with E-state index in [1.807, 2.05) is 20.8 Å². The summed E-state index contributed by atoms with van der Waals surface area (Å²) in [6.07, 6.45) is -3.21. The number of aliphatic imine (C=N–C) groups is 1. The van der Waals surface area contributed by atoms with Gasteiger partial charge in [0.2, 0.25) is 0 Å². The molecule has 0 unspecified atom stereocenters. The Morgan fingerprint density at radius 3 is 2.59 bits per heavy atom. The largest absolute Gasteiger partial charge is 0.455 e. The molecule has 2 N–H and O–H groups in total. The summed E-state index contributed by atoms with van der Waals surface area (Å²) in [5, 5.41) is 16.6. The second kappa shape index (κ2) is 11.1. The molecule has 0 fully saturated rings. The molecule has 0 bridgehead atoms. The fourth-order valence-electron chi connectivity index (χ4n) is 3.89. The second-order valence-corrected chi connectivity index (χ2v) is 9.22. The van der Waals surface area contributed by atoms with Crippen molar-refractivity contribution in [3.05, 3.63) is 81.5 Å². The van der Waals surface area contributed by atoms with Crippen molar-refractivity contribution in [2.75, 3.05) is 11.6 Å². The van der Waals surface area contributed by atoms with Gasteiger partial charge in [-0.2, -0.15) is 23.1 Å². The third-order valence-electron chi connectivity index (χ3n) is 5.59. The van der Waals surface area contributed by atoms with Crippen LogP contribution in [0.3, 0.4) is 0 Å². The van der Waals surface area contributed by atoms with E-state index in [1.165, 1.54) is 15.9 Å². The molecule has 0 saturated carbocycles. The molecule has 0 radical (unpaired) electrons. The van der Waals surface area contributed by atoms with Gasteiger partial charge >= 0.3 is 6.18 Å². The SMILES string of the molecule is C=C(c1cc(Cn2nnc(C(F)(F)F)n2)nn1-c1ncccc1Cl)N(N)c1c(C)cc(Cl)cc1C(C)=NCC. The van der Waals surface area contributed by atoms with Gasteiger partial charge in [0.25, 0.3) is 5.82 Å². The molecule has 3 aromatic heterocycles. The summed E-state index contributed by atoms with van der Waals surface area (Å²) in [6.45, 7) is 10.1. The molecular weight excluding hydrogens is 556 g/mol. The standard InChI is InChI=1S/C24H23Cl2F3N10/c1-5-31-14(3)18-10-16(25)9-13(2)21(18)38(30)15(4)20-11-17(12-37-35-23(33-36-37)24(27,28)29)34-39(20)22-19(26)7-6-8-32-22/h6-11H,4-5,12,30H2,1-3H3. The van der Waals surface area contributed by atoms with Crippen molar-refractivity contribution >= 4 is 40.3 Å². The molecular formula is C24H23Cl2F3N10. The molecule has 0 aliphatic heterocycles. The van der Waals surface area contributed by atoms with Crippen LogP contribution in [0.1, 0.15) is 42.2 Å². The lowest BCUT2D eigenvalue weighted by molar-refractivity contribution is -0.145. The van der Waals surface area contributed by atoms with Crippen molar-refractivity contribution in [1.29, 1.82) is 0 Å². The smallest absolute Gasteiger partial charge is 0.290 e. The number of halogens is 5. The number of tetrazole rings is 1. The van der Waals surface area contributed by atoms with Gasteiger partial charge in [-0.15, -0.1) is 10.2 Å². The average Bonchev–Trinajstić information content (AvgIpc) is 3.51. The molecule has 204 valence electrons. The number of hydrogen-bond donors (Lipinski definition) is 1. The number of pyridine rings is 1. The molecule has 0 atom stereocenters. The molecule has 0 saturated heterocycles. The summed E-state index contributed by atoms with van der Waals surface area (Å²) in [6, 6.07) is 8.38. The predicted octanol–water partition coefficient (Wildman–Crippen LogP) is 5.12. The first-order valence-electron chi connectivity index (χ1n) is 11.5. The number of hydrazine groups is 1. The lowest BCUT2D eigenvalue weighted by Crippen LogP contribution is -2.32. The Balaban J connectivity index is 1.80. The van der Waals surface area contributed by atoms with Crippen LogP contribution in [0.15, 0.2) is 48.1 Å². The van der Waals surface area contributed by atoms with Gasteiger partial charge in [0, 0.05) is 29.0 Å². The first kappa shape index (κ1) is 28.2. The van der Waals surface area contributed by atoms with Gasteiger partial charge in [-0.25, -0.2) is 15.5 Å². The highest BCUT2D eigenvalue weighted by Crippen LogP contribution is 2.33. The van der Waals surface area contributed by atoms with E-state index in [9.17, 15) is 13.2 Å². The van der Waals surface area contributed by atoms with Crippen LogP contribution in [0.5, 0.6) is 0 Å². The van der Waals surface area contributed by atoms with Crippen LogP contribution in [0.25, 0.3) is 11.5 Å². The van der Waals surface area contributed by atoms with Crippen LogP contribution in [0.4, 0.5) is 18.9 Å². The molecule has 0 amide bonds. The minimum absolute atomic E-state index is 0.223. The van der Waals surface area contributed by atoms with Crippen molar-refractivity contribution in [3.63, 3.8) is 0 Å². The van der Waals surface area contributed by atoms with E-state index in [2.05, 4.69) is 37.1 Å². The summed E-state index contributed by atoms with van der Waals surface area (Å²) < 4.78 is 40.3. The van der Waals surface area contributed by atoms with Crippen LogP contribution in [-0.2, 0) is 12.7 Å². The Morgan fingerprint density at radius 2 is 1.95 bits per heavy atom. The summed E-state index contributed by atoms with van der Waals surface area (Å²) in [5.74, 6) is 5.53. The van der Waals surface area contributed by atoms with E-state index in [0.29, 0.717) is 28.5 Å². The number of aryl methyl sites for hydroxylation is 1. The Morgan fingerprint density at radius 1 is 1.21 bits per heavy atom. The van der Waals surface area contributed by atoms with Crippen LogP contribution in [0.2, 0.25) is 10.0 Å². The van der Waals surface area contributed by atoms with Crippen molar-refractivity contribution in [2.24, 2.45) is 10.8 Å². The number of nitrogens with two attached hydrogens (primary N) is 1. The fraction of sp³-hybridized carbons (Fsp3) is 0.250. The molecule has 15 heteroatoms. The highest BCUT2D eigenvalue weighted by atomic mass is 35.5. The molecule has 4 rings (SSSR count). The predicted molar refractivity (Wildman–Crippen MR) is 143 cm³/mol. The maximum absolute atomic E-state index is 13.0. The first-order chi connectivity index (χ1) is 18.4.